The third-order valence-corrected chi connectivity index (χ3v) is 6.67. The zero-order valence-electron chi connectivity index (χ0n) is 16.1. The quantitative estimate of drug-likeness (QED) is 0.622. The largest absolute Gasteiger partial charge is 0.497 e. The van der Waals surface area contributed by atoms with Crippen LogP contribution in [0.2, 0.25) is 0 Å². The molecule has 1 heterocycles. The molecule has 29 heavy (non-hydrogen) atoms. The van der Waals surface area contributed by atoms with Crippen molar-refractivity contribution in [3.8, 4) is 11.5 Å². The number of carbonyl (C=O) groups excluding carboxylic acids is 1. The van der Waals surface area contributed by atoms with Crippen molar-refractivity contribution in [3.63, 3.8) is 0 Å². The summed E-state index contributed by atoms with van der Waals surface area (Å²) in [5.41, 5.74) is 5.28. The van der Waals surface area contributed by atoms with E-state index in [9.17, 15) is 4.79 Å². The molecule has 0 fully saturated rings. The molecule has 0 aromatic heterocycles. The van der Waals surface area contributed by atoms with Gasteiger partial charge in [0.1, 0.15) is 11.5 Å². The van der Waals surface area contributed by atoms with E-state index in [2.05, 4.69) is 11.4 Å². The molecule has 3 aromatic carbocycles. The molecule has 5 heteroatoms. The first-order valence-electron chi connectivity index (χ1n) is 9.34. The number of para-hydroxylation sites is 1. The average molecular weight is 401 g/mol. The number of fused-ring (bicyclic) bond motifs is 3. The van der Waals surface area contributed by atoms with Crippen molar-refractivity contribution in [2.75, 3.05) is 19.5 Å². The van der Waals surface area contributed by atoms with Gasteiger partial charge < -0.3 is 14.8 Å². The Kier molecular flexibility index (Phi) is 4.32. The van der Waals surface area contributed by atoms with Gasteiger partial charge in [0.25, 0.3) is 0 Å². The predicted molar refractivity (Wildman–Crippen MR) is 116 cm³/mol. The van der Waals surface area contributed by atoms with Gasteiger partial charge in [-0.05, 0) is 18.2 Å². The number of methoxy groups -OCH3 is 2. The monoisotopic (exact) mass is 401 g/mol. The van der Waals surface area contributed by atoms with Gasteiger partial charge in [-0.3, -0.25) is 4.79 Å². The second-order valence-electron chi connectivity index (χ2n) is 6.89. The molecule has 1 unspecified atom stereocenters. The number of rotatable bonds is 3. The fraction of sp³-hybridized carbons (Fsp3) is 0.125. The fourth-order valence-electron chi connectivity index (χ4n) is 3.93. The first kappa shape index (κ1) is 17.9. The van der Waals surface area contributed by atoms with Crippen LogP contribution < -0.4 is 14.8 Å². The number of nitrogens with one attached hydrogen (secondary N) is 1. The van der Waals surface area contributed by atoms with Gasteiger partial charge in [0.15, 0.2) is 5.78 Å². The molecular formula is C24H19NO3S. The molecular weight excluding hydrogens is 382 g/mol. The molecule has 0 bridgehead atoms. The van der Waals surface area contributed by atoms with Gasteiger partial charge in [-0.1, -0.05) is 42.5 Å². The van der Waals surface area contributed by atoms with E-state index in [4.69, 9.17) is 9.47 Å². The van der Waals surface area contributed by atoms with Crippen LogP contribution in [0.5, 0.6) is 11.5 Å². The smallest absolute Gasteiger partial charge is 0.193 e. The van der Waals surface area contributed by atoms with Crippen molar-refractivity contribution >= 4 is 28.9 Å². The molecule has 1 N–H and O–H groups in total. The molecule has 5 rings (SSSR count). The van der Waals surface area contributed by atoms with Crippen molar-refractivity contribution in [2.24, 2.45) is 0 Å². The fourth-order valence-corrected chi connectivity index (χ4v) is 5.26. The van der Waals surface area contributed by atoms with Gasteiger partial charge in [0.2, 0.25) is 0 Å². The first-order valence-corrected chi connectivity index (χ1v) is 10.2. The molecule has 0 spiro atoms. The van der Waals surface area contributed by atoms with Crippen molar-refractivity contribution in [1.29, 1.82) is 0 Å². The number of ketones is 1. The van der Waals surface area contributed by atoms with Crippen LogP contribution >= 0.6 is 11.8 Å². The lowest BCUT2D eigenvalue weighted by atomic mass is 9.99. The molecule has 3 aromatic rings. The summed E-state index contributed by atoms with van der Waals surface area (Å²) >= 11 is 1.66. The van der Waals surface area contributed by atoms with E-state index in [0.29, 0.717) is 5.75 Å². The topological polar surface area (TPSA) is 47.6 Å². The zero-order valence-corrected chi connectivity index (χ0v) is 16.9. The van der Waals surface area contributed by atoms with Crippen LogP contribution in [0, 0.1) is 0 Å². The van der Waals surface area contributed by atoms with Gasteiger partial charge in [-0.15, -0.1) is 11.8 Å². The molecule has 0 radical (unpaired) electrons. The van der Waals surface area contributed by atoms with Gasteiger partial charge in [0, 0.05) is 33.2 Å². The van der Waals surface area contributed by atoms with E-state index in [1.54, 1.807) is 26.0 Å². The maximum Gasteiger partial charge on any atom is 0.193 e. The number of anilines is 1. The summed E-state index contributed by atoms with van der Waals surface area (Å²) in [5.74, 6) is 1.49. The lowest BCUT2D eigenvalue weighted by molar-refractivity contribution is 0.103. The highest BCUT2D eigenvalue weighted by Crippen LogP contribution is 2.54. The van der Waals surface area contributed by atoms with Crippen LogP contribution in [-0.4, -0.2) is 20.0 Å². The third-order valence-electron chi connectivity index (χ3n) is 5.33. The third kappa shape index (κ3) is 2.81. The van der Waals surface area contributed by atoms with Crippen LogP contribution in [0.4, 0.5) is 5.69 Å². The lowest BCUT2D eigenvalue weighted by Crippen LogP contribution is -2.09. The second-order valence-corrected chi connectivity index (χ2v) is 8.04. The number of benzene rings is 3. The Hall–Kier alpha value is -3.18. The summed E-state index contributed by atoms with van der Waals surface area (Å²) in [5, 5.41) is 3.33. The Labute approximate surface area is 173 Å². The zero-order chi connectivity index (χ0) is 20.0. The molecule has 0 saturated carbocycles. The summed E-state index contributed by atoms with van der Waals surface area (Å²) in [6.45, 7) is 0. The standard InChI is InChI=1S/C24H19NO3S/c1-27-14-11-12-17(19(13-14)28-2)24-21-22(15-7-3-4-8-16(15)23(21)26)25-18-9-5-6-10-20(18)29-24/h3-13,24-25H,1-2H3. The molecule has 4 nitrogen and oxygen atoms in total. The number of carbonyl (C=O) groups is 1. The molecule has 1 aliphatic heterocycles. The highest BCUT2D eigenvalue weighted by Gasteiger charge is 2.39. The van der Waals surface area contributed by atoms with Crippen LogP contribution in [0.1, 0.15) is 26.7 Å². The van der Waals surface area contributed by atoms with E-state index in [1.165, 1.54) is 0 Å². The number of hydrogen-bond donors (Lipinski definition) is 1. The minimum Gasteiger partial charge on any atom is -0.497 e. The number of hydrogen-bond acceptors (Lipinski definition) is 5. The molecule has 1 atom stereocenters. The van der Waals surface area contributed by atoms with E-state index in [1.807, 2.05) is 60.7 Å². The summed E-state index contributed by atoms with van der Waals surface area (Å²) in [7, 11) is 3.28. The van der Waals surface area contributed by atoms with Crippen LogP contribution in [-0.2, 0) is 0 Å². The lowest BCUT2D eigenvalue weighted by Gasteiger charge is -2.20. The summed E-state index contributed by atoms with van der Waals surface area (Å²) < 4.78 is 11.0. The van der Waals surface area contributed by atoms with E-state index in [-0.39, 0.29) is 11.0 Å². The summed E-state index contributed by atoms with van der Waals surface area (Å²) in [4.78, 5) is 14.6. The summed E-state index contributed by atoms with van der Waals surface area (Å²) in [6, 6.07) is 21.7. The Morgan fingerprint density at radius 3 is 2.45 bits per heavy atom. The first-order chi connectivity index (χ1) is 14.2. The van der Waals surface area contributed by atoms with Gasteiger partial charge >= 0.3 is 0 Å². The van der Waals surface area contributed by atoms with Crippen molar-refractivity contribution in [1.82, 2.24) is 0 Å². The molecule has 1 aliphatic carbocycles. The van der Waals surface area contributed by atoms with Crippen LogP contribution in [0.15, 0.2) is 77.2 Å². The maximum atomic E-state index is 13.5. The van der Waals surface area contributed by atoms with Crippen molar-refractivity contribution < 1.29 is 14.3 Å². The van der Waals surface area contributed by atoms with Crippen LogP contribution in [0.25, 0.3) is 5.70 Å². The number of Topliss-reactive ketones (excluding diaryl/α,β-unsaturated/α-hetero) is 1. The molecule has 0 amide bonds. The van der Waals surface area contributed by atoms with E-state index >= 15 is 0 Å². The normalized spacial score (nSPS) is 17.0. The molecule has 2 aliphatic rings. The van der Waals surface area contributed by atoms with E-state index < -0.39 is 0 Å². The number of thioether (sulfide) groups is 1. The van der Waals surface area contributed by atoms with Crippen LogP contribution in [0.3, 0.4) is 0 Å². The number of ether oxygens (including phenoxy) is 2. The van der Waals surface area contributed by atoms with Gasteiger partial charge in [0.05, 0.1) is 30.9 Å². The predicted octanol–water partition coefficient (Wildman–Crippen LogP) is 5.57. The molecule has 144 valence electrons. The SMILES string of the molecule is COc1ccc(C2Sc3ccccc3NC3=C2C(=O)c2ccccc23)c(OC)c1. The van der Waals surface area contributed by atoms with Gasteiger partial charge in [-0.25, -0.2) is 0 Å². The minimum atomic E-state index is -0.207. The highest BCUT2D eigenvalue weighted by molar-refractivity contribution is 8.00. The van der Waals surface area contributed by atoms with E-state index in [0.717, 1.165) is 44.3 Å². The summed E-state index contributed by atoms with van der Waals surface area (Å²) in [6.07, 6.45) is 0. The second kappa shape index (κ2) is 7.01. The minimum absolute atomic E-state index is 0.0614. The van der Waals surface area contributed by atoms with Crippen molar-refractivity contribution in [2.45, 2.75) is 10.1 Å². The van der Waals surface area contributed by atoms with Gasteiger partial charge in [-0.2, -0.15) is 0 Å². The highest BCUT2D eigenvalue weighted by atomic mass is 32.2. The Bertz CT molecular complexity index is 1170. The Morgan fingerprint density at radius 1 is 0.897 bits per heavy atom. The maximum absolute atomic E-state index is 13.5. The Balaban J connectivity index is 1.75. The molecule has 0 saturated heterocycles. The average Bonchev–Trinajstić information content (AvgIpc) is 2.94. The van der Waals surface area contributed by atoms with Crippen molar-refractivity contribution in [3.05, 3.63) is 89.0 Å². The Morgan fingerprint density at radius 2 is 1.66 bits per heavy atom.